The maximum Gasteiger partial charge on any atom is 0.146 e. The zero-order valence-electron chi connectivity index (χ0n) is 14.0. The Labute approximate surface area is 146 Å². The van der Waals surface area contributed by atoms with Gasteiger partial charge in [0, 0.05) is 5.41 Å². The number of hydrogen-bond donors (Lipinski definition) is 1. The highest BCUT2D eigenvalue weighted by Crippen LogP contribution is 2.49. The van der Waals surface area contributed by atoms with Crippen LogP contribution in [-0.4, -0.2) is 0 Å². The molecule has 4 rings (SSSR count). The van der Waals surface area contributed by atoms with Crippen LogP contribution in [0.2, 0.25) is 0 Å². The van der Waals surface area contributed by atoms with Crippen LogP contribution in [0.25, 0.3) is 0 Å². The van der Waals surface area contributed by atoms with Crippen molar-refractivity contribution in [2.45, 2.75) is 25.2 Å². The molecule has 1 atom stereocenters. The molecule has 0 spiro atoms. The molecule has 0 amide bonds. The fourth-order valence-corrected chi connectivity index (χ4v) is 4.03. The van der Waals surface area contributed by atoms with E-state index in [9.17, 15) is 8.78 Å². The van der Waals surface area contributed by atoms with Gasteiger partial charge in [0.2, 0.25) is 0 Å². The summed E-state index contributed by atoms with van der Waals surface area (Å²) >= 11 is 0. The second-order valence-corrected chi connectivity index (χ2v) is 6.76. The number of aryl methyl sites for hydroxylation is 2. The summed E-state index contributed by atoms with van der Waals surface area (Å²) in [7, 11) is 0. The van der Waals surface area contributed by atoms with Crippen molar-refractivity contribution < 1.29 is 8.78 Å². The molecule has 0 aliphatic heterocycles. The number of nitrogens with two attached hydrogens (primary N) is 1. The Balaban J connectivity index is 2.02. The van der Waals surface area contributed by atoms with E-state index < -0.39 is 11.2 Å². The molecule has 1 aliphatic rings. The summed E-state index contributed by atoms with van der Waals surface area (Å²) in [5.41, 5.74) is 9.85. The monoisotopic (exact) mass is 335 g/mol. The maximum atomic E-state index is 14.3. The lowest BCUT2D eigenvalue weighted by Gasteiger charge is -2.32. The van der Waals surface area contributed by atoms with E-state index in [-0.39, 0.29) is 11.5 Å². The van der Waals surface area contributed by atoms with Gasteiger partial charge in [-0.25, -0.2) is 8.78 Å². The van der Waals surface area contributed by atoms with E-state index in [1.54, 1.807) is 25.1 Å². The Morgan fingerprint density at radius 3 is 2.28 bits per heavy atom. The smallest absolute Gasteiger partial charge is 0.146 e. The van der Waals surface area contributed by atoms with Gasteiger partial charge in [-0.1, -0.05) is 42.5 Å². The van der Waals surface area contributed by atoms with Crippen LogP contribution in [0, 0.1) is 18.6 Å². The quantitative estimate of drug-likeness (QED) is 0.645. The first-order valence-corrected chi connectivity index (χ1v) is 8.43. The van der Waals surface area contributed by atoms with Crippen LogP contribution in [0.4, 0.5) is 14.5 Å². The summed E-state index contributed by atoms with van der Waals surface area (Å²) in [5, 5.41) is 0. The zero-order valence-corrected chi connectivity index (χ0v) is 14.0. The fraction of sp³-hybridized carbons (Fsp3) is 0.182. The SMILES string of the molecule is Cc1ccc(C2(c3ccc(N)c(F)c3)CCc3ccccc32)cc1F. The molecule has 0 fully saturated rings. The Hall–Kier alpha value is -2.68. The Morgan fingerprint density at radius 2 is 1.56 bits per heavy atom. The van der Waals surface area contributed by atoms with Gasteiger partial charge in [0.25, 0.3) is 0 Å². The second-order valence-electron chi connectivity index (χ2n) is 6.76. The van der Waals surface area contributed by atoms with Crippen LogP contribution in [0.1, 0.15) is 34.2 Å². The number of benzene rings is 3. The van der Waals surface area contributed by atoms with Gasteiger partial charge < -0.3 is 5.73 Å². The van der Waals surface area contributed by atoms with Gasteiger partial charge >= 0.3 is 0 Å². The Bertz CT molecular complexity index is 910. The minimum absolute atomic E-state index is 0.125. The molecule has 3 heteroatoms. The van der Waals surface area contributed by atoms with E-state index in [0.29, 0.717) is 5.56 Å². The van der Waals surface area contributed by atoms with E-state index in [1.807, 2.05) is 24.3 Å². The molecule has 1 aliphatic carbocycles. The lowest BCUT2D eigenvalue weighted by atomic mass is 9.70. The van der Waals surface area contributed by atoms with Crippen molar-refractivity contribution in [3.05, 3.63) is 100 Å². The molecule has 3 aromatic rings. The van der Waals surface area contributed by atoms with Crippen molar-refractivity contribution >= 4 is 5.69 Å². The predicted molar refractivity (Wildman–Crippen MR) is 96.6 cm³/mol. The molecule has 2 N–H and O–H groups in total. The third kappa shape index (κ3) is 2.34. The summed E-state index contributed by atoms with van der Waals surface area (Å²) in [6.45, 7) is 1.75. The van der Waals surface area contributed by atoms with Crippen LogP contribution >= 0.6 is 0 Å². The highest BCUT2D eigenvalue weighted by Gasteiger charge is 2.42. The van der Waals surface area contributed by atoms with Crippen LogP contribution in [-0.2, 0) is 11.8 Å². The minimum Gasteiger partial charge on any atom is -0.396 e. The number of rotatable bonds is 2. The molecule has 0 radical (unpaired) electrons. The molecule has 0 aromatic heterocycles. The lowest BCUT2D eigenvalue weighted by Crippen LogP contribution is -2.27. The molecule has 1 nitrogen and oxygen atoms in total. The van der Waals surface area contributed by atoms with Crippen molar-refractivity contribution in [2.24, 2.45) is 0 Å². The molecule has 1 unspecified atom stereocenters. The third-order valence-corrected chi connectivity index (χ3v) is 5.40. The largest absolute Gasteiger partial charge is 0.396 e. The van der Waals surface area contributed by atoms with Crippen molar-refractivity contribution in [3.63, 3.8) is 0 Å². The van der Waals surface area contributed by atoms with E-state index in [1.165, 1.54) is 11.6 Å². The average Bonchev–Trinajstić information content (AvgIpc) is 3.00. The molecule has 25 heavy (non-hydrogen) atoms. The summed E-state index contributed by atoms with van der Waals surface area (Å²) < 4.78 is 28.6. The first-order chi connectivity index (χ1) is 12.0. The average molecular weight is 335 g/mol. The van der Waals surface area contributed by atoms with E-state index in [4.69, 9.17) is 5.73 Å². The maximum absolute atomic E-state index is 14.3. The predicted octanol–water partition coefficient (Wildman–Crippen LogP) is 5.14. The van der Waals surface area contributed by atoms with Crippen LogP contribution in [0.5, 0.6) is 0 Å². The zero-order chi connectivity index (χ0) is 17.6. The first kappa shape index (κ1) is 15.8. The number of halogens is 2. The standard InChI is InChI=1S/C22H19F2N/c1-14-6-7-16(12-19(14)23)22(17-8-9-21(25)20(24)13-17)11-10-15-4-2-3-5-18(15)22/h2-9,12-13H,10-11,25H2,1H3. The summed E-state index contributed by atoms with van der Waals surface area (Å²) in [6.07, 6.45) is 1.65. The summed E-state index contributed by atoms with van der Waals surface area (Å²) in [6, 6.07) is 18.4. The van der Waals surface area contributed by atoms with Crippen molar-refractivity contribution in [2.75, 3.05) is 5.73 Å². The third-order valence-electron chi connectivity index (χ3n) is 5.40. The normalized spacial score (nSPS) is 19.0. The highest BCUT2D eigenvalue weighted by atomic mass is 19.1. The summed E-state index contributed by atoms with van der Waals surface area (Å²) in [4.78, 5) is 0. The fourth-order valence-electron chi connectivity index (χ4n) is 4.03. The second kappa shape index (κ2) is 5.69. The van der Waals surface area contributed by atoms with Gasteiger partial charge in [0.05, 0.1) is 5.69 Å². The van der Waals surface area contributed by atoms with Crippen molar-refractivity contribution in [1.29, 1.82) is 0 Å². The minimum atomic E-state index is -0.556. The number of nitrogen functional groups attached to an aromatic ring is 1. The van der Waals surface area contributed by atoms with Crippen molar-refractivity contribution in [3.8, 4) is 0 Å². The van der Waals surface area contributed by atoms with Crippen LogP contribution in [0.3, 0.4) is 0 Å². The molecular weight excluding hydrogens is 316 g/mol. The molecule has 3 aromatic carbocycles. The van der Waals surface area contributed by atoms with E-state index in [0.717, 1.165) is 29.5 Å². The van der Waals surface area contributed by atoms with Gasteiger partial charge in [-0.3, -0.25) is 0 Å². The van der Waals surface area contributed by atoms with Gasteiger partial charge in [-0.05, 0) is 65.8 Å². The Kier molecular flexibility index (Phi) is 3.60. The molecular formula is C22H19F2N. The Morgan fingerprint density at radius 1 is 0.880 bits per heavy atom. The van der Waals surface area contributed by atoms with E-state index >= 15 is 0 Å². The topological polar surface area (TPSA) is 26.0 Å². The highest BCUT2D eigenvalue weighted by molar-refractivity contribution is 5.58. The lowest BCUT2D eigenvalue weighted by molar-refractivity contribution is 0.575. The molecule has 0 heterocycles. The van der Waals surface area contributed by atoms with Gasteiger partial charge in [-0.2, -0.15) is 0 Å². The number of fused-ring (bicyclic) bond motifs is 1. The molecule has 0 saturated heterocycles. The first-order valence-electron chi connectivity index (χ1n) is 8.43. The number of anilines is 1. The molecule has 0 bridgehead atoms. The van der Waals surface area contributed by atoms with Gasteiger partial charge in [0.1, 0.15) is 11.6 Å². The van der Waals surface area contributed by atoms with Crippen LogP contribution < -0.4 is 5.73 Å². The van der Waals surface area contributed by atoms with Crippen molar-refractivity contribution in [1.82, 2.24) is 0 Å². The van der Waals surface area contributed by atoms with Gasteiger partial charge in [0.15, 0.2) is 0 Å². The molecule has 0 saturated carbocycles. The molecule has 126 valence electrons. The van der Waals surface area contributed by atoms with Gasteiger partial charge in [-0.15, -0.1) is 0 Å². The summed E-state index contributed by atoms with van der Waals surface area (Å²) in [5.74, 6) is -0.675. The number of hydrogen-bond acceptors (Lipinski definition) is 1. The van der Waals surface area contributed by atoms with Crippen LogP contribution in [0.15, 0.2) is 60.7 Å². The van der Waals surface area contributed by atoms with E-state index in [2.05, 4.69) is 12.1 Å².